The Bertz CT molecular complexity index is 542. The third-order valence-corrected chi connectivity index (χ3v) is 4.76. The number of halogens is 3. The van der Waals surface area contributed by atoms with Crippen LogP contribution in [0.15, 0.2) is 38.6 Å². The molecule has 1 aromatic heterocycles. The van der Waals surface area contributed by atoms with Crippen LogP contribution in [-0.2, 0) is 6.54 Å². The van der Waals surface area contributed by atoms with Crippen molar-refractivity contribution in [2.75, 3.05) is 0 Å². The number of hydrogen-bond acceptors (Lipinski definition) is 2. The monoisotopic (exact) mass is 391 g/mol. The van der Waals surface area contributed by atoms with Crippen LogP contribution in [-0.4, -0.2) is 0 Å². The van der Waals surface area contributed by atoms with E-state index in [2.05, 4.69) is 43.2 Å². The van der Waals surface area contributed by atoms with Crippen molar-refractivity contribution in [3.63, 3.8) is 0 Å². The van der Waals surface area contributed by atoms with Gasteiger partial charge in [0.15, 0.2) is 0 Å². The molecule has 1 unspecified atom stereocenters. The van der Waals surface area contributed by atoms with Crippen molar-refractivity contribution < 1.29 is 4.39 Å². The summed E-state index contributed by atoms with van der Waals surface area (Å²) in [5.74, 6) is -0.184. The van der Waals surface area contributed by atoms with Crippen molar-refractivity contribution in [2.24, 2.45) is 0 Å². The molecule has 0 fully saturated rings. The van der Waals surface area contributed by atoms with Gasteiger partial charge >= 0.3 is 0 Å². The Morgan fingerprint density at radius 2 is 2.06 bits per heavy atom. The summed E-state index contributed by atoms with van der Waals surface area (Å²) >= 11 is 8.37. The molecule has 0 spiro atoms. The van der Waals surface area contributed by atoms with E-state index in [0.717, 1.165) is 14.8 Å². The molecular weight excluding hydrogens is 381 g/mol. The molecule has 1 atom stereocenters. The van der Waals surface area contributed by atoms with Gasteiger partial charge < -0.3 is 5.32 Å². The maximum atomic E-state index is 13.8. The first-order valence-corrected chi connectivity index (χ1v) is 7.89. The van der Waals surface area contributed by atoms with Crippen LogP contribution < -0.4 is 5.32 Å². The topological polar surface area (TPSA) is 12.0 Å². The van der Waals surface area contributed by atoms with Gasteiger partial charge in [-0.3, -0.25) is 0 Å². The van der Waals surface area contributed by atoms with E-state index < -0.39 is 0 Å². The van der Waals surface area contributed by atoms with Gasteiger partial charge in [0, 0.05) is 27.5 Å². The van der Waals surface area contributed by atoms with Crippen LogP contribution in [0.5, 0.6) is 0 Å². The van der Waals surface area contributed by atoms with E-state index in [4.69, 9.17) is 0 Å². The average Bonchev–Trinajstić information content (AvgIpc) is 2.72. The predicted molar refractivity (Wildman–Crippen MR) is 81.4 cm³/mol. The van der Waals surface area contributed by atoms with Crippen molar-refractivity contribution in [3.05, 3.63) is 54.8 Å². The van der Waals surface area contributed by atoms with Gasteiger partial charge in [-0.2, -0.15) is 0 Å². The summed E-state index contributed by atoms with van der Waals surface area (Å²) in [6, 6.07) is 9.23. The number of rotatable bonds is 4. The molecule has 0 saturated heterocycles. The molecule has 0 aliphatic heterocycles. The Labute approximate surface area is 127 Å². The highest BCUT2D eigenvalue weighted by atomic mass is 79.9. The molecule has 0 amide bonds. The summed E-state index contributed by atoms with van der Waals surface area (Å²) in [6.07, 6.45) is 0. The highest BCUT2D eigenvalue weighted by molar-refractivity contribution is 9.11. The van der Waals surface area contributed by atoms with Gasteiger partial charge in [-0.05, 0) is 47.1 Å². The molecule has 0 aliphatic carbocycles. The van der Waals surface area contributed by atoms with Crippen LogP contribution in [0.4, 0.5) is 4.39 Å². The lowest BCUT2D eigenvalue weighted by Gasteiger charge is -2.14. The molecule has 5 heteroatoms. The zero-order valence-corrected chi connectivity index (χ0v) is 13.7. The molecule has 0 radical (unpaired) electrons. The van der Waals surface area contributed by atoms with Gasteiger partial charge in [-0.15, -0.1) is 11.3 Å². The number of nitrogens with one attached hydrogen (secondary N) is 1. The van der Waals surface area contributed by atoms with Gasteiger partial charge in [0.2, 0.25) is 0 Å². The number of benzene rings is 1. The molecule has 18 heavy (non-hydrogen) atoms. The Morgan fingerprint density at radius 3 is 2.67 bits per heavy atom. The Hall–Kier alpha value is -0.230. The van der Waals surface area contributed by atoms with Crippen LogP contribution in [0.25, 0.3) is 0 Å². The van der Waals surface area contributed by atoms with Gasteiger partial charge in [0.25, 0.3) is 0 Å². The summed E-state index contributed by atoms with van der Waals surface area (Å²) in [5, 5.41) is 3.32. The van der Waals surface area contributed by atoms with Crippen LogP contribution in [0, 0.1) is 5.82 Å². The second-order valence-electron chi connectivity index (χ2n) is 3.97. The number of hydrogen-bond donors (Lipinski definition) is 1. The Kier molecular flexibility index (Phi) is 4.95. The van der Waals surface area contributed by atoms with E-state index in [1.807, 2.05) is 19.1 Å². The standard InChI is InChI=1S/C13H12Br2FNS/c1-8(11-4-2-9(14)6-12(11)16)17-7-10-3-5-13(15)18-10/h2-6,8,17H,7H2,1H3. The lowest BCUT2D eigenvalue weighted by molar-refractivity contribution is 0.530. The largest absolute Gasteiger partial charge is 0.305 e. The minimum Gasteiger partial charge on any atom is -0.305 e. The first-order chi connectivity index (χ1) is 8.56. The fourth-order valence-electron chi connectivity index (χ4n) is 1.66. The fourth-order valence-corrected chi connectivity index (χ4v) is 3.43. The fraction of sp³-hybridized carbons (Fsp3) is 0.231. The Balaban J connectivity index is 2.01. The van der Waals surface area contributed by atoms with E-state index in [1.54, 1.807) is 17.4 Å². The zero-order chi connectivity index (χ0) is 13.1. The SMILES string of the molecule is CC(NCc1ccc(Br)s1)c1ccc(Br)cc1F. The van der Waals surface area contributed by atoms with Gasteiger partial charge in [0.05, 0.1) is 3.79 Å². The molecule has 1 aromatic carbocycles. The average molecular weight is 393 g/mol. The molecule has 1 heterocycles. The molecule has 0 bridgehead atoms. The maximum Gasteiger partial charge on any atom is 0.129 e. The van der Waals surface area contributed by atoms with Crippen LogP contribution in [0.2, 0.25) is 0 Å². The smallest absolute Gasteiger partial charge is 0.129 e. The molecular formula is C13H12Br2FNS. The summed E-state index contributed by atoms with van der Waals surface area (Å²) in [6.45, 7) is 2.71. The molecule has 1 N–H and O–H groups in total. The highest BCUT2D eigenvalue weighted by Crippen LogP contribution is 2.24. The predicted octanol–water partition coefficient (Wildman–Crippen LogP) is 5.26. The first-order valence-electron chi connectivity index (χ1n) is 5.49. The van der Waals surface area contributed by atoms with Crippen molar-refractivity contribution in [1.82, 2.24) is 5.32 Å². The van der Waals surface area contributed by atoms with Crippen molar-refractivity contribution >= 4 is 43.2 Å². The van der Waals surface area contributed by atoms with Crippen LogP contribution in [0.1, 0.15) is 23.4 Å². The normalized spacial score (nSPS) is 12.7. The lowest BCUT2D eigenvalue weighted by atomic mass is 10.1. The van der Waals surface area contributed by atoms with Crippen molar-refractivity contribution in [2.45, 2.75) is 19.5 Å². The summed E-state index contributed by atoms with van der Waals surface area (Å²) < 4.78 is 15.6. The van der Waals surface area contributed by atoms with Crippen molar-refractivity contribution in [3.8, 4) is 0 Å². The zero-order valence-electron chi connectivity index (χ0n) is 9.71. The van der Waals surface area contributed by atoms with E-state index in [-0.39, 0.29) is 11.9 Å². The summed E-state index contributed by atoms with van der Waals surface area (Å²) in [4.78, 5) is 1.23. The van der Waals surface area contributed by atoms with Gasteiger partial charge in [0.1, 0.15) is 5.82 Å². The molecule has 96 valence electrons. The van der Waals surface area contributed by atoms with Gasteiger partial charge in [-0.1, -0.05) is 22.0 Å². The van der Waals surface area contributed by atoms with E-state index in [9.17, 15) is 4.39 Å². The van der Waals surface area contributed by atoms with Crippen molar-refractivity contribution in [1.29, 1.82) is 0 Å². The molecule has 0 saturated carbocycles. The second-order valence-corrected chi connectivity index (χ2v) is 7.44. The molecule has 0 aliphatic rings. The highest BCUT2D eigenvalue weighted by Gasteiger charge is 2.11. The third kappa shape index (κ3) is 3.63. The third-order valence-electron chi connectivity index (χ3n) is 2.64. The van der Waals surface area contributed by atoms with Crippen LogP contribution in [0.3, 0.4) is 0 Å². The number of thiophene rings is 1. The maximum absolute atomic E-state index is 13.8. The van der Waals surface area contributed by atoms with Crippen LogP contribution >= 0.6 is 43.2 Å². The quantitative estimate of drug-likeness (QED) is 0.747. The molecule has 1 nitrogen and oxygen atoms in total. The molecule has 2 rings (SSSR count). The molecule has 2 aromatic rings. The van der Waals surface area contributed by atoms with E-state index >= 15 is 0 Å². The minimum absolute atomic E-state index is 0.0148. The van der Waals surface area contributed by atoms with Gasteiger partial charge in [-0.25, -0.2) is 4.39 Å². The Morgan fingerprint density at radius 1 is 1.28 bits per heavy atom. The summed E-state index contributed by atoms with van der Waals surface area (Å²) in [7, 11) is 0. The first kappa shape index (κ1) is 14.2. The summed E-state index contributed by atoms with van der Waals surface area (Å²) in [5.41, 5.74) is 0.689. The van der Waals surface area contributed by atoms with E-state index in [0.29, 0.717) is 5.56 Å². The minimum atomic E-state index is -0.184. The second kappa shape index (κ2) is 6.28. The lowest BCUT2D eigenvalue weighted by Crippen LogP contribution is -2.18. The van der Waals surface area contributed by atoms with E-state index in [1.165, 1.54) is 10.9 Å².